The van der Waals surface area contributed by atoms with E-state index < -0.39 is 10.1 Å². The molecule has 3 aromatic rings. The minimum atomic E-state index is -4.49. The molecule has 0 fully saturated rings. The van der Waals surface area contributed by atoms with Gasteiger partial charge in [-0.1, -0.05) is 18.2 Å². The van der Waals surface area contributed by atoms with Crippen LogP contribution in [0.25, 0.3) is 21.8 Å². The first kappa shape index (κ1) is 13.4. The van der Waals surface area contributed by atoms with Gasteiger partial charge in [-0.2, -0.15) is 15.4 Å². The van der Waals surface area contributed by atoms with E-state index in [0.29, 0.717) is 21.8 Å². The van der Waals surface area contributed by atoms with Crippen LogP contribution in [0, 0.1) is 0 Å². The van der Waals surface area contributed by atoms with Crippen molar-refractivity contribution in [2.45, 2.75) is 4.90 Å². The fraction of sp³-hybridized carbons (Fsp3) is 0. The quantitative estimate of drug-likeness (QED) is 0.408. The predicted molar refractivity (Wildman–Crippen MR) is 59.4 cm³/mol. The van der Waals surface area contributed by atoms with Gasteiger partial charge < -0.3 is 4.55 Å². The van der Waals surface area contributed by atoms with E-state index in [2.05, 4.69) is 15.4 Å². The van der Waals surface area contributed by atoms with Crippen LogP contribution < -0.4 is 29.6 Å². The molecule has 1 aromatic heterocycles. The number of aromatic amines is 1. The van der Waals surface area contributed by atoms with Gasteiger partial charge in [0.2, 0.25) is 0 Å². The predicted octanol–water partition coefficient (Wildman–Crippen LogP) is -1.98. The number of hydrogen-bond donors (Lipinski definition) is 1. The van der Waals surface area contributed by atoms with Gasteiger partial charge in [0.15, 0.2) is 0 Å². The van der Waals surface area contributed by atoms with Crippen molar-refractivity contribution in [3.8, 4) is 0 Å². The van der Waals surface area contributed by atoms with Crippen molar-refractivity contribution in [2.75, 3.05) is 0 Å². The number of hydrogen-bond acceptors (Lipinski definition) is 5. The molecule has 1 heterocycles. The van der Waals surface area contributed by atoms with E-state index in [1.54, 1.807) is 18.2 Å². The van der Waals surface area contributed by atoms with Gasteiger partial charge in [0.05, 0.1) is 4.90 Å². The van der Waals surface area contributed by atoms with Crippen molar-refractivity contribution in [1.82, 2.24) is 15.4 Å². The molecule has 0 aliphatic heterocycles. The molecule has 1 N–H and O–H groups in total. The number of nitrogens with one attached hydrogen (secondary N) is 1. The molecule has 18 heavy (non-hydrogen) atoms. The molecule has 0 bridgehead atoms. The van der Waals surface area contributed by atoms with E-state index in [-0.39, 0.29) is 34.5 Å². The summed E-state index contributed by atoms with van der Waals surface area (Å²) in [7, 11) is -4.49. The molecule has 8 heteroatoms. The van der Waals surface area contributed by atoms with Crippen molar-refractivity contribution >= 4 is 31.9 Å². The first-order chi connectivity index (χ1) is 8.07. The summed E-state index contributed by atoms with van der Waals surface area (Å²) < 4.78 is 33.4. The number of aromatic nitrogens is 3. The summed E-state index contributed by atoms with van der Waals surface area (Å²) in [6, 6.07) is 7.69. The van der Waals surface area contributed by atoms with Crippen LogP contribution in [0.15, 0.2) is 35.2 Å². The third kappa shape index (κ3) is 2.04. The van der Waals surface area contributed by atoms with Crippen LogP contribution in [0.4, 0.5) is 0 Å². The summed E-state index contributed by atoms with van der Waals surface area (Å²) >= 11 is 0. The largest absolute Gasteiger partial charge is 1.00 e. The van der Waals surface area contributed by atoms with E-state index in [4.69, 9.17) is 0 Å². The monoisotopic (exact) mass is 271 g/mol. The molecule has 0 atom stereocenters. The molecule has 0 amide bonds. The average molecular weight is 271 g/mol. The van der Waals surface area contributed by atoms with Gasteiger partial charge >= 0.3 is 29.6 Å². The topological polar surface area (TPSA) is 98.8 Å². The molecular weight excluding hydrogens is 265 g/mol. The van der Waals surface area contributed by atoms with E-state index in [0.717, 1.165) is 0 Å². The molecule has 6 nitrogen and oxygen atoms in total. The Kier molecular flexibility index (Phi) is 3.43. The first-order valence-corrected chi connectivity index (χ1v) is 6.16. The number of H-pyrrole nitrogens is 1. The van der Waals surface area contributed by atoms with Crippen LogP contribution in [0.5, 0.6) is 0 Å². The number of benzene rings is 2. The number of nitrogens with zero attached hydrogens (tertiary/aromatic N) is 2. The van der Waals surface area contributed by atoms with Crippen LogP contribution in [-0.4, -0.2) is 28.4 Å². The van der Waals surface area contributed by atoms with Gasteiger partial charge in [-0.15, -0.1) is 0 Å². The SMILES string of the molecule is O=S(=O)([O-])c1cccc2c1ccc1n[nH]nc12.[Na+]. The second-order valence-electron chi connectivity index (χ2n) is 3.56. The summed E-state index contributed by atoms with van der Waals surface area (Å²) in [5, 5.41) is 11.3. The van der Waals surface area contributed by atoms with E-state index in [1.165, 1.54) is 12.1 Å². The van der Waals surface area contributed by atoms with Gasteiger partial charge in [-0.3, -0.25) is 0 Å². The van der Waals surface area contributed by atoms with Crippen molar-refractivity contribution in [1.29, 1.82) is 0 Å². The van der Waals surface area contributed by atoms with Crippen molar-refractivity contribution in [3.63, 3.8) is 0 Å². The zero-order valence-corrected chi connectivity index (χ0v) is 12.2. The molecule has 0 aliphatic rings. The minimum Gasteiger partial charge on any atom is -0.744 e. The molecule has 0 spiro atoms. The normalized spacial score (nSPS) is 11.6. The van der Waals surface area contributed by atoms with Crippen LogP contribution in [-0.2, 0) is 10.1 Å². The average Bonchev–Trinajstić information content (AvgIpc) is 2.75. The number of fused-ring (bicyclic) bond motifs is 3. The van der Waals surface area contributed by atoms with Crippen molar-refractivity contribution < 1.29 is 42.5 Å². The van der Waals surface area contributed by atoms with Gasteiger partial charge in [-0.05, 0) is 12.1 Å². The Hall–Kier alpha value is -0.990. The molecule has 0 saturated carbocycles. The second kappa shape index (κ2) is 4.60. The maximum atomic E-state index is 11.1. The molecule has 0 aliphatic carbocycles. The summed E-state index contributed by atoms with van der Waals surface area (Å²) in [5.74, 6) is 0. The molecular formula is C10H6N3NaO3S. The summed E-state index contributed by atoms with van der Waals surface area (Å²) in [6.07, 6.45) is 0. The Balaban J connectivity index is 0.00000120. The maximum Gasteiger partial charge on any atom is 1.00 e. The summed E-state index contributed by atoms with van der Waals surface area (Å²) in [6.45, 7) is 0. The van der Waals surface area contributed by atoms with E-state index in [9.17, 15) is 13.0 Å². The molecule has 2 aromatic carbocycles. The summed E-state index contributed by atoms with van der Waals surface area (Å²) in [4.78, 5) is -0.236. The third-order valence-electron chi connectivity index (χ3n) is 2.57. The molecule has 0 radical (unpaired) electrons. The molecule has 3 rings (SSSR count). The van der Waals surface area contributed by atoms with E-state index in [1.807, 2.05) is 0 Å². The number of rotatable bonds is 1. The maximum absolute atomic E-state index is 11.1. The Labute approximate surface area is 124 Å². The van der Waals surface area contributed by atoms with Crippen molar-refractivity contribution in [3.05, 3.63) is 30.3 Å². The third-order valence-corrected chi connectivity index (χ3v) is 3.47. The smallest absolute Gasteiger partial charge is 0.744 e. The van der Waals surface area contributed by atoms with Crippen molar-refractivity contribution in [2.24, 2.45) is 0 Å². The second-order valence-corrected chi connectivity index (χ2v) is 4.91. The molecule has 0 unspecified atom stereocenters. The van der Waals surface area contributed by atoms with Crippen LogP contribution >= 0.6 is 0 Å². The Morgan fingerprint density at radius 2 is 1.83 bits per heavy atom. The fourth-order valence-corrected chi connectivity index (χ4v) is 2.55. The van der Waals surface area contributed by atoms with Crippen LogP contribution in [0.3, 0.4) is 0 Å². The standard InChI is InChI=1S/C10H7N3O3S.Na/c14-17(15,16)9-3-1-2-7-6(9)4-5-8-10(7)12-13-11-8;/h1-5H,(H,11,12,13)(H,14,15,16);/q;+1/p-1. The van der Waals surface area contributed by atoms with Gasteiger partial charge in [0.1, 0.15) is 21.2 Å². The Bertz CT molecular complexity index is 829. The first-order valence-electron chi connectivity index (χ1n) is 4.75. The van der Waals surface area contributed by atoms with Crippen LogP contribution in [0.2, 0.25) is 0 Å². The fourth-order valence-electron chi connectivity index (χ4n) is 1.86. The zero-order chi connectivity index (χ0) is 12.0. The van der Waals surface area contributed by atoms with E-state index >= 15 is 0 Å². The van der Waals surface area contributed by atoms with Crippen LogP contribution in [0.1, 0.15) is 0 Å². The van der Waals surface area contributed by atoms with Gasteiger partial charge in [0, 0.05) is 10.8 Å². The van der Waals surface area contributed by atoms with Gasteiger partial charge in [-0.25, -0.2) is 8.42 Å². The Morgan fingerprint density at radius 1 is 1.06 bits per heavy atom. The molecule has 0 saturated heterocycles. The minimum absolute atomic E-state index is 0. The summed E-state index contributed by atoms with van der Waals surface area (Å²) in [5.41, 5.74) is 1.17. The Morgan fingerprint density at radius 3 is 2.56 bits per heavy atom. The molecule has 86 valence electrons. The van der Waals surface area contributed by atoms with Gasteiger partial charge in [0.25, 0.3) is 0 Å². The zero-order valence-electron chi connectivity index (χ0n) is 9.41.